The molecule has 0 aromatic carbocycles. The van der Waals surface area contributed by atoms with Gasteiger partial charge in [-0.2, -0.15) is 0 Å². The van der Waals surface area contributed by atoms with Gasteiger partial charge in [0.2, 0.25) is 0 Å². The van der Waals surface area contributed by atoms with Crippen molar-refractivity contribution in [3.63, 3.8) is 0 Å². The molecular formula is C10H14O. The van der Waals surface area contributed by atoms with Gasteiger partial charge < -0.3 is 0 Å². The maximum Gasteiger partial charge on any atom is 0.140 e. The zero-order valence-corrected chi connectivity index (χ0v) is 7.13. The van der Waals surface area contributed by atoms with Crippen LogP contribution in [0.25, 0.3) is 0 Å². The molecule has 3 aliphatic carbocycles. The molecule has 0 unspecified atom stereocenters. The molecule has 0 saturated heterocycles. The molecule has 60 valence electrons. The van der Waals surface area contributed by atoms with Crippen molar-refractivity contribution in [3.8, 4) is 0 Å². The molecule has 0 aromatic rings. The second-order valence-electron chi connectivity index (χ2n) is 4.46. The molecule has 0 aliphatic heterocycles. The lowest BCUT2D eigenvalue weighted by molar-refractivity contribution is -0.127. The largest absolute Gasteiger partial charge is 0.299 e. The molecule has 1 heteroatoms. The molecule has 0 aromatic heterocycles. The molecule has 0 amide bonds. The molecule has 0 N–H and O–H groups in total. The van der Waals surface area contributed by atoms with Crippen LogP contribution in [-0.4, -0.2) is 5.78 Å². The molecule has 0 radical (unpaired) electrons. The van der Waals surface area contributed by atoms with Crippen LogP contribution >= 0.6 is 0 Å². The van der Waals surface area contributed by atoms with E-state index in [2.05, 4.69) is 26.0 Å². The number of ketones is 1. The van der Waals surface area contributed by atoms with Crippen molar-refractivity contribution in [1.29, 1.82) is 0 Å². The average Bonchev–Trinajstić information content (AvgIpc) is 1.90. The molecule has 0 heterocycles. The lowest BCUT2D eigenvalue weighted by Crippen LogP contribution is -2.39. The first-order valence-corrected chi connectivity index (χ1v) is 4.31. The topological polar surface area (TPSA) is 17.1 Å². The summed E-state index contributed by atoms with van der Waals surface area (Å²) in [6.07, 6.45) is 6.18. The lowest BCUT2D eigenvalue weighted by atomic mass is 9.61. The number of rotatable bonds is 0. The van der Waals surface area contributed by atoms with Gasteiger partial charge in [0.25, 0.3) is 0 Å². The third kappa shape index (κ3) is 0.943. The first kappa shape index (κ1) is 7.08. The molecule has 1 saturated carbocycles. The average molecular weight is 150 g/mol. The highest BCUT2D eigenvalue weighted by atomic mass is 16.1. The molecular weight excluding hydrogens is 136 g/mol. The Morgan fingerprint density at radius 1 is 1.45 bits per heavy atom. The van der Waals surface area contributed by atoms with Crippen molar-refractivity contribution in [2.24, 2.45) is 17.3 Å². The summed E-state index contributed by atoms with van der Waals surface area (Å²) in [6.45, 7) is 4.53. The van der Waals surface area contributed by atoms with Gasteiger partial charge in [0.15, 0.2) is 0 Å². The maximum atomic E-state index is 11.3. The van der Waals surface area contributed by atoms with E-state index in [9.17, 15) is 4.79 Å². The smallest absolute Gasteiger partial charge is 0.140 e. The quantitative estimate of drug-likeness (QED) is 0.484. The van der Waals surface area contributed by atoms with Crippen molar-refractivity contribution in [3.05, 3.63) is 12.2 Å². The van der Waals surface area contributed by atoms with Gasteiger partial charge in [-0.3, -0.25) is 4.79 Å². The van der Waals surface area contributed by atoms with Crippen LogP contribution in [0.4, 0.5) is 0 Å². The van der Waals surface area contributed by atoms with Gasteiger partial charge in [-0.1, -0.05) is 26.0 Å². The summed E-state index contributed by atoms with van der Waals surface area (Å²) in [6, 6.07) is 0. The molecule has 2 atom stereocenters. The monoisotopic (exact) mass is 150 g/mol. The van der Waals surface area contributed by atoms with E-state index in [1.807, 2.05) is 0 Å². The number of carbonyl (C=O) groups excluding carboxylic acids is 1. The Morgan fingerprint density at radius 2 is 2.18 bits per heavy atom. The molecule has 3 aliphatic rings. The second-order valence-corrected chi connectivity index (χ2v) is 4.46. The number of Topliss-reactive ketones (excluding diaryl/α,β-unsaturated/α-hetero) is 1. The Hall–Kier alpha value is -0.590. The summed E-state index contributed by atoms with van der Waals surface area (Å²) >= 11 is 0. The lowest BCUT2D eigenvalue weighted by Gasteiger charge is -2.43. The highest BCUT2D eigenvalue weighted by molar-refractivity contribution is 5.85. The van der Waals surface area contributed by atoms with Gasteiger partial charge in [-0.05, 0) is 17.8 Å². The molecule has 3 rings (SSSR count). The minimum atomic E-state index is 0.245. The van der Waals surface area contributed by atoms with E-state index >= 15 is 0 Å². The Kier molecular flexibility index (Phi) is 1.26. The number of hydrogen-bond donors (Lipinski definition) is 0. The third-order valence-electron chi connectivity index (χ3n) is 3.16. The number of allylic oxidation sites excluding steroid dienone is 2. The normalized spacial score (nSPS) is 39.6. The summed E-state index contributed by atoms with van der Waals surface area (Å²) in [5.41, 5.74) is 0.368. The number of fused-ring (bicyclic) bond motifs is 2. The second kappa shape index (κ2) is 1.96. The summed E-state index contributed by atoms with van der Waals surface area (Å²) in [5, 5.41) is 0. The number of carbonyl (C=O) groups is 1. The van der Waals surface area contributed by atoms with Crippen molar-refractivity contribution in [2.75, 3.05) is 0 Å². The molecule has 11 heavy (non-hydrogen) atoms. The highest BCUT2D eigenvalue weighted by Gasteiger charge is 2.42. The highest BCUT2D eigenvalue weighted by Crippen LogP contribution is 2.46. The summed E-state index contributed by atoms with van der Waals surface area (Å²) in [4.78, 5) is 11.3. The van der Waals surface area contributed by atoms with Crippen LogP contribution in [-0.2, 0) is 4.79 Å². The summed E-state index contributed by atoms with van der Waals surface area (Å²) in [5.74, 6) is 1.21. The van der Waals surface area contributed by atoms with Crippen LogP contribution < -0.4 is 0 Å². The fourth-order valence-electron chi connectivity index (χ4n) is 2.25. The molecule has 0 spiro atoms. The first-order chi connectivity index (χ1) is 5.09. The van der Waals surface area contributed by atoms with Crippen molar-refractivity contribution in [2.45, 2.75) is 26.7 Å². The van der Waals surface area contributed by atoms with Gasteiger partial charge in [0.1, 0.15) is 5.78 Å². The fraction of sp³-hybridized carbons (Fsp3) is 0.700. The zero-order chi connectivity index (χ0) is 8.06. The summed E-state index contributed by atoms with van der Waals surface area (Å²) in [7, 11) is 0. The van der Waals surface area contributed by atoms with Crippen LogP contribution in [0.1, 0.15) is 26.7 Å². The standard InChI is InChI=1S/C10H14O/c1-10(2)6-7-3-4-8(10)5-9(7)11/h3-4,7-8H,5-6H2,1-2H3/t7-,8-/m0/s1. The molecule has 2 bridgehead atoms. The third-order valence-corrected chi connectivity index (χ3v) is 3.16. The van der Waals surface area contributed by atoms with E-state index in [-0.39, 0.29) is 5.92 Å². The van der Waals surface area contributed by atoms with Crippen LogP contribution in [0.2, 0.25) is 0 Å². The SMILES string of the molecule is CC1(C)C[C@@H]2C=C[C@H]1CC2=O. The van der Waals surface area contributed by atoms with E-state index in [0.717, 1.165) is 12.8 Å². The van der Waals surface area contributed by atoms with Crippen molar-refractivity contribution >= 4 is 5.78 Å². The maximum absolute atomic E-state index is 11.3. The Balaban J connectivity index is 2.34. The fourth-order valence-corrected chi connectivity index (χ4v) is 2.25. The Morgan fingerprint density at radius 3 is 2.45 bits per heavy atom. The minimum Gasteiger partial charge on any atom is -0.299 e. The minimum absolute atomic E-state index is 0.245. The van der Waals surface area contributed by atoms with Crippen LogP contribution in [0.5, 0.6) is 0 Å². The molecule has 1 nitrogen and oxygen atoms in total. The van der Waals surface area contributed by atoms with Gasteiger partial charge in [-0.25, -0.2) is 0 Å². The number of hydrogen-bond acceptors (Lipinski definition) is 1. The zero-order valence-electron chi connectivity index (χ0n) is 7.13. The Labute approximate surface area is 67.5 Å². The van der Waals surface area contributed by atoms with E-state index in [4.69, 9.17) is 0 Å². The van der Waals surface area contributed by atoms with Crippen LogP contribution in [0.3, 0.4) is 0 Å². The van der Waals surface area contributed by atoms with Crippen LogP contribution in [0.15, 0.2) is 12.2 Å². The van der Waals surface area contributed by atoms with E-state index in [1.54, 1.807) is 0 Å². The predicted octanol–water partition coefficient (Wildman–Crippen LogP) is 2.18. The predicted molar refractivity (Wildman–Crippen MR) is 44.1 cm³/mol. The van der Waals surface area contributed by atoms with Crippen molar-refractivity contribution < 1.29 is 4.79 Å². The van der Waals surface area contributed by atoms with Crippen molar-refractivity contribution in [1.82, 2.24) is 0 Å². The van der Waals surface area contributed by atoms with E-state index in [0.29, 0.717) is 17.1 Å². The summed E-state index contributed by atoms with van der Waals surface area (Å²) < 4.78 is 0. The first-order valence-electron chi connectivity index (χ1n) is 4.31. The van der Waals surface area contributed by atoms with E-state index < -0.39 is 0 Å². The van der Waals surface area contributed by atoms with Gasteiger partial charge in [0.05, 0.1) is 0 Å². The van der Waals surface area contributed by atoms with Crippen LogP contribution in [0, 0.1) is 17.3 Å². The van der Waals surface area contributed by atoms with Gasteiger partial charge >= 0.3 is 0 Å². The Bertz CT molecular complexity index is 225. The molecule has 1 fully saturated rings. The van der Waals surface area contributed by atoms with Gasteiger partial charge in [0, 0.05) is 12.3 Å². The van der Waals surface area contributed by atoms with Gasteiger partial charge in [-0.15, -0.1) is 0 Å². The van der Waals surface area contributed by atoms with E-state index in [1.165, 1.54) is 0 Å².